The lowest BCUT2D eigenvalue weighted by molar-refractivity contribution is 0.267. The molecule has 1 aromatic heterocycles. The fourth-order valence-electron chi connectivity index (χ4n) is 2.81. The molecule has 0 bridgehead atoms. The molecule has 1 N–H and O–H groups in total. The topological polar surface area (TPSA) is 41.1 Å². The standard InChI is InChI=1S/C17H23N3O/c1-3-10-21-14-7-5-6-13(11-14)17-15-12-20(4-2)9-8-16(15)18-19-17/h5-7,11H,3-4,8-10,12H2,1-2H3,(H,18,19). The van der Waals surface area contributed by atoms with Gasteiger partial charge < -0.3 is 4.74 Å². The molecule has 3 rings (SSSR count). The smallest absolute Gasteiger partial charge is 0.119 e. The van der Waals surface area contributed by atoms with E-state index >= 15 is 0 Å². The summed E-state index contributed by atoms with van der Waals surface area (Å²) in [5.74, 6) is 0.925. The van der Waals surface area contributed by atoms with Gasteiger partial charge in [-0.2, -0.15) is 5.10 Å². The van der Waals surface area contributed by atoms with Crippen LogP contribution in [0.3, 0.4) is 0 Å². The van der Waals surface area contributed by atoms with Crippen molar-refractivity contribution in [2.24, 2.45) is 0 Å². The number of fused-ring (bicyclic) bond motifs is 1. The normalized spacial score (nSPS) is 15.0. The van der Waals surface area contributed by atoms with Crippen molar-refractivity contribution in [2.45, 2.75) is 33.2 Å². The van der Waals surface area contributed by atoms with Gasteiger partial charge in [0.25, 0.3) is 0 Å². The molecule has 21 heavy (non-hydrogen) atoms. The molecule has 1 aromatic carbocycles. The molecule has 0 fully saturated rings. The van der Waals surface area contributed by atoms with Crippen molar-refractivity contribution < 1.29 is 4.74 Å². The maximum atomic E-state index is 5.73. The van der Waals surface area contributed by atoms with Crippen LogP contribution in [0.2, 0.25) is 0 Å². The highest BCUT2D eigenvalue weighted by Gasteiger charge is 2.21. The van der Waals surface area contributed by atoms with Gasteiger partial charge in [0.15, 0.2) is 0 Å². The molecule has 0 atom stereocenters. The zero-order valence-corrected chi connectivity index (χ0v) is 12.9. The van der Waals surface area contributed by atoms with Crippen molar-refractivity contribution in [1.82, 2.24) is 15.1 Å². The second-order valence-corrected chi connectivity index (χ2v) is 5.52. The lowest BCUT2D eigenvalue weighted by Gasteiger charge is -2.25. The van der Waals surface area contributed by atoms with E-state index in [1.165, 1.54) is 11.3 Å². The zero-order chi connectivity index (χ0) is 14.7. The number of H-pyrrole nitrogens is 1. The molecule has 2 heterocycles. The van der Waals surface area contributed by atoms with Crippen LogP contribution in [0.1, 0.15) is 31.5 Å². The Balaban J connectivity index is 1.89. The van der Waals surface area contributed by atoms with E-state index < -0.39 is 0 Å². The van der Waals surface area contributed by atoms with E-state index in [4.69, 9.17) is 4.74 Å². The second kappa shape index (κ2) is 6.31. The minimum Gasteiger partial charge on any atom is -0.494 e. The van der Waals surface area contributed by atoms with Gasteiger partial charge in [-0.25, -0.2) is 0 Å². The average molecular weight is 285 g/mol. The minimum atomic E-state index is 0.756. The summed E-state index contributed by atoms with van der Waals surface area (Å²) in [6.45, 7) is 8.27. The first-order chi connectivity index (χ1) is 10.3. The van der Waals surface area contributed by atoms with Crippen LogP contribution in [0.4, 0.5) is 0 Å². The maximum absolute atomic E-state index is 5.73. The Hall–Kier alpha value is -1.81. The fourth-order valence-corrected chi connectivity index (χ4v) is 2.81. The summed E-state index contributed by atoms with van der Waals surface area (Å²) in [5, 5.41) is 7.77. The summed E-state index contributed by atoms with van der Waals surface area (Å²) in [5.41, 5.74) is 4.84. The fraction of sp³-hybridized carbons (Fsp3) is 0.471. The summed E-state index contributed by atoms with van der Waals surface area (Å²) in [6.07, 6.45) is 2.08. The van der Waals surface area contributed by atoms with Gasteiger partial charge in [-0.05, 0) is 25.1 Å². The van der Waals surface area contributed by atoms with Crippen LogP contribution in [-0.2, 0) is 13.0 Å². The Bertz CT molecular complexity index is 606. The van der Waals surface area contributed by atoms with Crippen LogP contribution in [0.5, 0.6) is 5.75 Å². The molecule has 1 aliphatic rings. The number of rotatable bonds is 5. The molecule has 0 aliphatic carbocycles. The van der Waals surface area contributed by atoms with Crippen LogP contribution in [-0.4, -0.2) is 34.8 Å². The number of nitrogens with zero attached hydrogens (tertiary/aromatic N) is 2. The van der Waals surface area contributed by atoms with Gasteiger partial charge >= 0.3 is 0 Å². The van der Waals surface area contributed by atoms with E-state index in [2.05, 4.69) is 41.1 Å². The lowest BCUT2D eigenvalue weighted by Crippen LogP contribution is -2.30. The average Bonchev–Trinajstić information content (AvgIpc) is 2.96. The Kier molecular flexibility index (Phi) is 4.25. The number of benzene rings is 1. The molecular weight excluding hydrogens is 262 g/mol. The molecule has 0 saturated heterocycles. The minimum absolute atomic E-state index is 0.756. The molecule has 0 unspecified atom stereocenters. The van der Waals surface area contributed by atoms with E-state index in [0.29, 0.717) is 0 Å². The molecule has 0 amide bonds. The van der Waals surface area contributed by atoms with Gasteiger partial charge in [-0.1, -0.05) is 26.0 Å². The molecule has 0 spiro atoms. The number of likely N-dealkylation sites (N-methyl/N-ethyl adjacent to an activating group) is 1. The third kappa shape index (κ3) is 2.95. The quantitative estimate of drug-likeness (QED) is 0.917. The summed E-state index contributed by atoms with van der Waals surface area (Å²) in [6, 6.07) is 8.26. The van der Waals surface area contributed by atoms with Crippen LogP contribution < -0.4 is 4.74 Å². The van der Waals surface area contributed by atoms with Gasteiger partial charge in [-0.15, -0.1) is 0 Å². The van der Waals surface area contributed by atoms with Crippen molar-refractivity contribution in [3.8, 4) is 17.0 Å². The molecule has 2 aromatic rings. The number of nitrogens with one attached hydrogen (secondary N) is 1. The van der Waals surface area contributed by atoms with Crippen LogP contribution in [0, 0.1) is 0 Å². The number of ether oxygens (including phenoxy) is 1. The van der Waals surface area contributed by atoms with Crippen molar-refractivity contribution >= 4 is 0 Å². The highest BCUT2D eigenvalue weighted by atomic mass is 16.5. The van der Waals surface area contributed by atoms with E-state index in [9.17, 15) is 0 Å². The Morgan fingerprint density at radius 2 is 2.24 bits per heavy atom. The zero-order valence-electron chi connectivity index (χ0n) is 12.9. The first-order valence-corrected chi connectivity index (χ1v) is 7.83. The summed E-state index contributed by atoms with van der Waals surface area (Å²) in [4.78, 5) is 2.46. The summed E-state index contributed by atoms with van der Waals surface area (Å²) < 4.78 is 5.73. The predicted octanol–water partition coefficient (Wildman–Crippen LogP) is 3.24. The van der Waals surface area contributed by atoms with E-state index in [0.717, 1.165) is 56.1 Å². The molecule has 4 nitrogen and oxygen atoms in total. The van der Waals surface area contributed by atoms with Crippen LogP contribution >= 0.6 is 0 Å². The third-order valence-corrected chi connectivity index (χ3v) is 4.04. The highest BCUT2D eigenvalue weighted by molar-refractivity contribution is 5.65. The molecule has 0 saturated carbocycles. The number of hydrogen-bond donors (Lipinski definition) is 1. The van der Waals surface area contributed by atoms with Gasteiger partial charge in [-0.3, -0.25) is 10.00 Å². The number of hydrogen-bond acceptors (Lipinski definition) is 3. The molecule has 0 radical (unpaired) electrons. The summed E-state index contributed by atoms with van der Waals surface area (Å²) >= 11 is 0. The molecular formula is C17H23N3O. The highest BCUT2D eigenvalue weighted by Crippen LogP contribution is 2.30. The van der Waals surface area contributed by atoms with Gasteiger partial charge in [0, 0.05) is 36.3 Å². The SMILES string of the molecule is CCCOc1cccc(-c2n[nH]c3c2CN(CC)CC3)c1. The van der Waals surface area contributed by atoms with Crippen LogP contribution in [0.25, 0.3) is 11.3 Å². The van der Waals surface area contributed by atoms with Gasteiger partial charge in [0.2, 0.25) is 0 Å². The lowest BCUT2D eigenvalue weighted by atomic mass is 10.0. The van der Waals surface area contributed by atoms with E-state index in [1.807, 2.05) is 12.1 Å². The predicted molar refractivity (Wildman–Crippen MR) is 84.5 cm³/mol. The first-order valence-electron chi connectivity index (χ1n) is 7.83. The van der Waals surface area contributed by atoms with Crippen molar-refractivity contribution in [3.63, 3.8) is 0 Å². The second-order valence-electron chi connectivity index (χ2n) is 5.52. The van der Waals surface area contributed by atoms with Gasteiger partial charge in [0.05, 0.1) is 12.3 Å². The first kappa shape index (κ1) is 14.1. The van der Waals surface area contributed by atoms with Crippen molar-refractivity contribution in [3.05, 3.63) is 35.5 Å². The van der Waals surface area contributed by atoms with E-state index in [1.54, 1.807) is 0 Å². The van der Waals surface area contributed by atoms with Crippen molar-refractivity contribution in [2.75, 3.05) is 19.7 Å². The van der Waals surface area contributed by atoms with E-state index in [-0.39, 0.29) is 0 Å². The Morgan fingerprint density at radius 1 is 1.33 bits per heavy atom. The number of aromatic amines is 1. The van der Waals surface area contributed by atoms with Crippen molar-refractivity contribution in [1.29, 1.82) is 0 Å². The maximum Gasteiger partial charge on any atom is 0.119 e. The number of aromatic nitrogens is 2. The van der Waals surface area contributed by atoms with Gasteiger partial charge in [0.1, 0.15) is 5.75 Å². The third-order valence-electron chi connectivity index (χ3n) is 4.04. The molecule has 1 aliphatic heterocycles. The molecule has 112 valence electrons. The Morgan fingerprint density at radius 3 is 3.05 bits per heavy atom. The monoisotopic (exact) mass is 285 g/mol. The molecule has 4 heteroatoms. The largest absolute Gasteiger partial charge is 0.494 e. The summed E-state index contributed by atoms with van der Waals surface area (Å²) in [7, 11) is 0. The van der Waals surface area contributed by atoms with Crippen LogP contribution in [0.15, 0.2) is 24.3 Å². The Labute approximate surface area is 126 Å².